The molecule has 0 spiro atoms. The standard InChI is InChI=1S/C22H20N2O6/c1-27-18-10-7-16(12-20(18)28-2)13-21(25)24-23-14-15-5-8-17(9-6-15)30-22(26)19-4-3-11-29-19/h3-12,14H,13H2,1-2H3,(H,24,25). The first-order chi connectivity index (χ1) is 14.6. The quantitative estimate of drug-likeness (QED) is 0.266. The molecule has 154 valence electrons. The lowest BCUT2D eigenvalue weighted by Gasteiger charge is -2.09. The van der Waals surface area contributed by atoms with Gasteiger partial charge in [-0.1, -0.05) is 6.07 Å². The van der Waals surface area contributed by atoms with Gasteiger partial charge >= 0.3 is 5.97 Å². The highest BCUT2D eigenvalue weighted by Gasteiger charge is 2.11. The lowest BCUT2D eigenvalue weighted by Crippen LogP contribution is -2.19. The van der Waals surface area contributed by atoms with E-state index in [1.165, 1.54) is 25.7 Å². The molecule has 30 heavy (non-hydrogen) atoms. The Kier molecular flexibility index (Phi) is 6.83. The lowest BCUT2D eigenvalue weighted by molar-refractivity contribution is -0.120. The predicted molar refractivity (Wildman–Crippen MR) is 109 cm³/mol. The third-order valence-electron chi connectivity index (χ3n) is 4.03. The monoisotopic (exact) mass is 408 g/mol. The molecule has 0 aliphatic carbocycles. The van der Waals surface area contributed by atoms with Gasteiger partial charge in [0, 0.05) is 0 Å². The van der Waals surface area contributed by atoms with Crippen molar-refractivity contribution in [1.82, 2.24) is 5.43 Å². The van der Waals surface area contributed by atoms with Crippen molar-refractivity contribution < 1.29 is 28.2 Å². The first-order valence-corrected chi connectivity index (χ1v) is 8.97. The molecule has 1 aromatic heterocycles. The molecule has 0 radical (unpaired) electrons. The number of carbonyl (C=O) groups is 2. The van der Waals surface area contributed by atoms with Crippen molar-refractivity contribution in [3.05, 3.63) is 77.7 Å². The van der Waals surface area contributed by atoms with Gasteiger partial charge in [-0.05, 0) is 59.7 Å². The summed E-state index contributed by atoms with van der Waals surface area (Å²) in [7, 11) is 3.09. The molecule has 0 bridgehead atoms. The third-order valence-corrected chi connectivity index (χ3v) is 4.03. The minimum Gasteiger partial charge on any atom is -0.493 e. The Morgan fingerprint density at radius 3 is 2.47 bits per heavy atom. The van der Waals surface area contributed by atoms with Crippen LogP contribution < -0.4 is 19.6 Å². The van der Waals surface area contributed by atoms with Crippen LogP contribution in [0.25, 0.3) is 0 Å². The zero-order chi connectivity index (χ0) is 21.3. The number of hydrogen-bond donors (Lipinski definition) is 1. The summed E-state index contributed by atoms with van der Waals surface area (Å²) >= 11 is 0. The van der Waals surface area contributed by atoms with Crippen LogP contribution in [0.2, 0.25) is 0 Å². The van der Waals surface area contributed by atoms with E-state index in [0.29, 0.717) is 17.2 Å². The van der Waals surface area contributed by atoms with Gasteiger partial charge in [0.25, 0.3) is 0 Å². The summed E-state index contributed by atoms with van der Waals surface area (Å²) in [5, 5.41) is 3.94. The highest BCUT2D eigenvalue weighted by molar-refractivity contribution is 5.88. The van der Waals surface area contributed by atoms with E-state index in [9.17, 15) is 9.59 Å². The number of carbonyl (C=O) groups excluding carboxylic acids is 2. The van der Waals surface area contributed by atoms with Crippen LogP contribution in [0, 0.1) is 0 Å². The number of hydrazone groups is 1. The second kappa shape index (κ2) is 9.92. The van der Waals surface area contributed by atoms with Gasteiger partial charge in [0.05, 0.1) is 33.1 Å². The van der Waals surface area contributed by atoms with E-state index in [0.717, 1.165) is 11.1 Å². The van der Waals surface area contributed by atoms with Crippen LogP contribution in [0.5, 0.6) is 17.2 Å². The molecule has 3 rings (SSSR count). The number of nitrogens with zero attached hydrogens (tertiary/aromatic N) is 1. The van der Waals surface area contributed by atoms with E-state index in [4.69, 9.17) is 18.6 Å². The number of rotatable bonds is 8. The molecule has 0 aliphatic heterocycles. The summed E-state index contributed by atoms with van der Waals surface area (Å²) in [5.74, 6) is 0.785. The molecule has 0 saturated carbocycles. The average molecular weight is 408 g/mol. The molecule has 0 saturated heterocycles. The largest absolute Gasteiger partial charge is 0.493 e. The minimum absolute atomic E-state index is 0.123. The summed E-state index contributed by atoms with van der Waals surface area (Å²) in [4.78, 5) is 23.9. The van der Waals surface area contributed by atoms with E-state index in [1.54, 1.807) is 55.6 Å². The number of esters is 1. The molecule has 8 heteroatoms. The van der Waals surface area contributed by atoms with Crippen LogP contribution in [0.15, 0.2) is 70.4 Å². The predicted octanol–water partition coefficient (Wildman–Crippen LogP) is 3.21. The normalized spacial score (nSPS) is 10.6. The molecule has 1 heterocycles. The Balaban J connectivity index is 1.51. The Hall–Kier alpha value is -4.07. The summed E-state index contributed by atoms with van der Waals surface area (Å²) in [6, 6.07) is 15.0. The maximum Gasteiger partial charge on any atom is 0.379 e. The fourth-order valence-electron chi connectivity index (χ4n) is 2.57. The summed E-state index contributed by atoms with van der Waals surface area (Å²) < 4.78 is 20.6. The van der Waals surface area contributed by atoms with Crippen LogP contribution in [0.4, 0.5) is 0 Å². The first kappa shape index (κ1) is 20.7. The summed E-state index contributed by atoms with van der Waals surface area (Å²) in [6.07, 6.45) is 3.03. The van der Waals surface area contributed by atoms with Gasteiger partial charge in [-0.2, -0.15) is 5.10 Å². The molecule has 1 N–H and O–H groups in total. The molecule has 3 aromatic rings. The maximum atomic E-state index is 12.1. The Labute approximate surface area is 173 Å². The van der Waals surface area contributed by atoms with Crippen molar-refractivity contribution in [2.24, 2.45) is 5.10 Å². The molecule has 0 unspecified atom stereocenters. The van der Waals surface area contributed by atoms with Gasteiger partial charge < -0.3 is 18.6 Å². The highest BCUT2D eigenvalue weighted by Crippen LogP contribution is 2.27. The fourth-order valence-corrected chi connectivity index (χ4v) is 2.57. The second-order valence-corrected chi connectivity index (χ2v) is 6.10. The number of furan rings is 1. The number of hydrogen-bond acceptors (Lipinski definition) is 7. The number of amides is 1. The van der Waals surface area contributed by atoms with Crippen LogP contribution in [0.3, 0.4) is 0 Å². The van der Waals surface area contributed by atoms with Crippen LogP contribution in [-0.4, -0.2) is 32.3 Å². The van der Waals surface area contributed by atoms with Crippen molar-refractivity contribution in [2.75, 3.05) is 14.2 Å². The molecule has 0 aliphatic rings. The molecule has 0 atom stereocenters. The third kappa shape index (κ3) is 5.48. The SMILES string of the molecule is COc1ccc(CC(=O)NN=Cc2ccc(OC(=O)c3ccco3)cc2)cc1OC. The Bertz CT molecular complexity index is 1030. The van der Waals surface area contributed by atoms with Gasteiger partial charge in [-0.3, -0.25) is 4.79 Å². The van der Waals surface area contributed by atoms with Crippen molar-refractivity contribution in [2.45, 2.75) is 6.42 Å². The van der Waals surface area contributed by atoms with Gasteiger partial charge in [-0.25, -0.2) is 10.2 Å². The number of benzene rings is 2. The molecule has 2 aromatic carbocycles. The number of methoxy groups -OCH3 is 2. The lowest BCUT2D eigenvalue weighted by atomic mass is 10.1. The fraction of sp³-hybridized carbons (Fsp3) is 0.136. The van der Waals surface area contributed by atoms with Gasteiger partial charge in [0.15, 0.2) is 11.5 Å². The molecular formula is C22H20N2O6. The number of ether oxygens (including phenoxy) is 3. The van der Waals surface area contributed by atoms with Gasteiger partial charge in [0.2, 0.25) is 11.7 Å². The van der Waals surface area contributed by atoms with Crippen LogP contribution in [0.1, 0.15) is 21.7 Å². The van der Waals surface area contributed by atoms with Crippen molar-refractivity contribution in [3.63, 3.8) is 0 Å². The molecular weight excluding hydrogens is 388 g/mol. The molecule has 1 amide bonds. The minimum atomic E-state index is -0.580. The van der Waals surface area contributed by atoms with E-state index in [1.807, 2.05) is 0 Å². The van der Waals surface area contributed by atoms with Crippen LogP contribution >= 0.6 is 0 Å². The van der Waals surface area contributed by atoms with E-state index in [2.05, 4.69) is 10.5 Å². The number of nitrogens with one attached hydrogen (secondary N) is 1. The highest BCUT2D eigenvalue weighted by atomic mass is 16.5. The summed E-state index contributed by atoms with van der Waals surface area (Å²) in [5.41, 5.74) is 3.96. The maximum absolute atomic E-state index is 12.1. The summed E-state index contributed by atoms with van der Waals surface area (Å²) in [6.45, 7) is 0. The zero-order valence-electron chi connectivity index (χ0n) is 16.5. The molecule has 8 nitrogen and oxygen atoms in total. The Morgan fingerprint density at radius 1 is 1.03 bits per heavy atom. The van der Waals surface area contributed by atoms with E-state index < -0.39 is 5.97 Å². The van der Waals surface area contributed by atoms with E-state index >= 15 is 0 Å². The van der Waals surface area contributed by atoms with Gasteiger partial charge in [0.1, 0.15) is 5.75 Å². The van der Waals surface area contributed by atoms with Crippen LogP contribution in [-0.2, 0) is 11.2 Å². The topological polar surface area (TPSA) is 99.4 Å². The van der Waals surface area contributed by atoms with Crippen molar-refractivity contribution in [3.8, 4) is 17.2 Å². The van der Waals surface area contributed by atoms with E-state index in [-0.39, 0.29) is 18.1 Å². The van der Waals surface area contributed by atoms with Crippen molar-refractivity contribution in [1.29, 1.82) is 0 Å². The second-order valence-electron chi connectivity index (χ2n) is 6.10. The average Bonchev–Trinajstić information content (AvgIpc) is 3.30. The Morgan fingerprint density at radius 2 is 1.80 bits per heavy atom. The van der Waals surface area contributed by atoms with Gasteiger partial charge in [-0.15, -0.1) is 0 Å². The molecule has 0 fully saturated rings. The first-order valence-electron chi connectivity index (χ1n) is 8.97. The van der Waals surface area contributed by atoms with Crippen molar-refractivity contribution >= 4 is 18.1 Å². The smallest absolute Gasteiger partial charge is 0.379 e. The zero-order valence-corrected chi connectivity index (χ0v) is 16.5.